The van der Waals surface area contributed by atoms with Crippen LogP contribution in [0.3, 0.4) is 0 Å². The molecule has 1 aliphatic rings. The van der Waals surface area contributed by atoms with Crippen LogP contribution in [0.5, 0.6) is 0 Å². The van der Waals surface area contributed by atoms with E-state index in [0.717, 1.165) is 12.0 Å². The number of methoxy groups -OCH3 is 1. The Morgan fingerprint density at radius 1 is 1.44 bits per heavy atom. The first-order chi connectivity index (χ1) is 12.2. The molecule has 7 heteroatoms. The first-order valence-corrected chi connectivity index (χ1v) is 9.62. The van der Waals surface area contributed by atoms with Gasteiger partial charge in [-0.3, -0.25) is 4.68 Å². The molecule has 0 aromatic carbocycles. The molecule has 2 heterocycles. The average molecular weight is 362 g/mol. The van der Waals surface area contributed by atoms with Crippen molar-refractivity contribution in [2.24, 2.45) is 7.05 Å². The third kappa shape index (κ3) is 4.61. The minimum absolute atomic E-state index is 0.0586. The highest BCUT2D eigenvalue weighted by atomic mass is 32.1. The number of nitrogens with zero attached hydrogens (tertiary/aromatic N) is 3. The fourth-order valence-electron chi connectivity index (χ4n) is 3.22. The largest absolute Gasteiger partial charge is 0.383 e. The summed E-state index contributed by atoms with van der Waals surface area (Å²) in [6.07, 6.45) is 8.60. The van der Waals surface area contributed by atoms with E-state index in [-0.39, 0.29) is 6.03 Å². The van der Waals surface area contributed by atoms with Crippen molar-refractivity contribution >= 4 is 17.4 Å². The number of carbonyl (C=O) groups is 1. The Balaban J connectivity index is 1.60. The smallest absolute Gasteiger partial charge is 0.318 e. The van der Waals surface area contributed by atoms with Crippen LogP contribution >= 0.6 is 11.3 Å². The minimum atomic E-state index is -0.0586. The van der Waals surface area contributed by atoms with E-state index < -0.39 is 0 Å². The Morgan fingerprint density at radius 2 is 2.28 bits per heavy atom. The van der Waals surface area contributed by atoms with E-state index >= 15 is 0 Å². The quantitative estimate of drug-likeness (QED) is 0.824. The van der Waals surface area contributed by atoms with Crippen molar-refractivity contribution in [3.05, 3.63) is 39.3 Å². The first-order valence-electron chi connectivity index (χ1n) is 8.74. The van der Waals surface area contributed by atoms with Crippen molar-refractivity contribution in [1.29, 1.82) is 0 Å². The normalized spacial score (nSPS) is 13.5. The summed E-state index contributed by atoms with van der Waals surface area (Å²) in [6.45, 7) is 2.20. The van der Waals surface area contributed by atoms with Crippen LogP contribution in [0, 0.1) is 0 Å². The van der Waals surface area contributed by atoms with Gasteiger partial charge in [-0.2, -0.15) is 5.10 Å². The van der Waals surface area contributed by atoms with E-state index in [9.17, 15) is 4.79 Å². The van der Waals surface area contributed by atoms with E-state index in [1.165, 1.54) is 35.3 Å². The van der Waals surface area contributed by atoms with Gasteiger partial charge >= 0.3 is 6.03 Å². The minimum Gasteiger partial charge on any atom is -0.383 e. The molecule has 0 spiro atoms. The van der Waals surface area contributed by atoms with Gasteiger partial charge in [-0.05, 0) is 42.2 Å². The lowest BCUT2D eigenvalue weighted by Crippen LogP contribution is -2.41. The highest BCUT2D eigenvalue weighted by Gasteiger charge is 2.18. The summed E-state index contributed by atoms with van der Waals surface area (Å²) in [5.41, 5.74) is 3.76. The Morgan fingerprint density at radius 3 is 3.04 bits per heavy atom. The maximum absolute atomic E-state index is 12.7. The molecule has 2 amide bonds. The number of ether oxygens (including phenoxy) is 1. The molecule has 2 aromatic rings. The van der Waals surface area contributed by atoms with Gasteiger partial charge in [-0.1, -0.05) is 0 Å². The molecule has 25 heavy (non-hydrogen) atoms. The topological polar surface area (TPSA) is 59.4 Å². The van der Waals surface area contributed by atoms with Gasteiger partial charge in [-0.15, -0.1) is 11.3 Å². The number of rotatable bonds is 7. The average Bonchev–Trinajstić information content (AvgIpc) is 3.22. The molecule has 0 radical (unpaired) electrons. The molecular weight excluding hydrogens is 336 g/mol. The Kier molecular flexibility index (Phi) is 6.09. The third-order valence-corrected chi connectivity index (χ3v) is 5.70. The van der Waals surface area contributed by atoms with E-state index in [4.69, 9.17) is 4.74 Å². The van der Waals surface area contributed by atoms with Gasteiger partial charge in [0.05, 0.1) is 19.3 Å². The van der Waals surface area contributed by atoms with Crippen LogP contribution in [0.1, 0.15) is 34.4 Å². The lowest BCUT2D eigenvalue weighted by atomic mass is 9.96. The summed E-state index contributed by atoms with van der Waals surface area (Å²) < 4.78 is 6.90. The molecule has 1 aliphatic carbocycles. The number of thiophene rings is 1. The monoisotopic (exact) mass is 362 g/mol. The second-order valence-electron chi connectivity index (χ2n) is 6.47. The maximum atomic E-state index is 12.7. The van der Waals surface area contributed by atoms with E-state index in [0.29, 0.717) is 26.2 Å². The highest BCUT2D eigenvalue weighted by molar-refractivity contribution is 7.10. The van der Waals surface area contributed by atoms with Crippen molar-refractivity contribution in [1.82, 2.24) is 20.0 Å². The zero-order chi connectivity index (χ0) is 17.6. The molecule has 0 atom stereocenters. The van der Waals surface area contributed by atoms with Crippen LogP contribution in [-0.2, 0) is 37.7 Å². The van der Waals surface area contributed by atoms with Crippen LogP contribution in [0.25, 0.3) is 0 Å². The summed E-state index contributed by atoms with van der Waals surface area (Å²) in [6, 6.07) is -0.0586. The molecule has 0 unspecified atom stereocenters. The summed E-state index contributed by atoms with van der Waals surface area (Å²) >= 11 is 1.84. The van der Waals surface area contributed by atoms with Crippen LogP contribution in [0.2, 0.25) is 0 Å². The molecule has 0 saturated heterocycles. The van der Waals surface area contributed by atoms with Crippen molar-refractivity contribution < 1.29 is 9.53 Å². The second-order valence-corrected chi connectivity index (χ2v) is 7.43. The molecule has 6 nitrogen and oxygen atoms in total. The zero-order valence-electron chi connectivity index (χ0n) is 15.0. The molecule has 2 aromatic heterocycles. The van der Waals surface area contributed by atoms with Gasteiger partial charge in [0.25, 0.3) is 0 Å². The number of nitrogens with one attached hydrogen (secondary N) is 1. The molecule has 136 valence electrons. The molecule has 0 fully saturated rings. The van der Waals surface area contributed by atoms with Gasteiger partial charge in [0.1, 0.15) is 0 Å². The lowest BCUT2D eigenvalue weighted by Gasteiger charge is -2.22. The van der Waals surface area contributed by atoms with Crippen LogP contribution in [0.4, 0.5) is 4.79 Å². The van der Waals surface area contributed by atoms with Crippen molar-refractivity contribution in [3.63, 3.8) is 0 Å². The fraction of sp³-hybridized carbons (Fsp3) is 0.556. The molecule has 0 bridgehead atoms. The van der Waals surface area contributed by atoms with Gasteiger partial charge in [0, 0.05) is 43.9 Å². The van der Waals surface area contributed by atoms with Crippen LogP contribution < -0.4 is 5.32 Å². The van der Waals surface area contributed by atoms with E-state index in [1.54, 1.807) is 22.9 Å². The highest BCUT2D eigenvalue weighted by Crippen LogP contribution is 2.30. The number of fused-ring (bicyclic) bond motifs is 1. The fourth-order valence-corrected chi connectivity index (χ4v) is 4.37. The Bertz CT molecular complexity index is 710. The van der Waals surface area contributed by atoms with E-state index in [2.05, 4.69) is 15.8 Å². The van der Waals surface area contributed by atoms with Crippen LogP contribution in [-0.4, -0.2) is 41.0 Å². The van der Waals surface area contributed by atoms with Crippen LogP contribution in [0.15, 0.2) is 17.8 Å². The molecule has 0 saturated carbocycles. The molecule has 1 N–H and O–H groups in total. The van der Waals surface area contributed by atoms with Crippen molar-refractivity contribution in [2.45, 2.75) is 38.8 Å². The van der Waals surface area contributed by atoms with Crippen molar-refractivity contribution in [3.8, 4) is 0 Å². The SMILES string of the molecule is COCCN(Cc1cnn(C)c1)C(=O)NCc1csc2c1CCCC2. The number of amides is 2. The maximum Gasteiger partial charge on any atom is 0.318 e. The predicted molar refractivity (Wildman–Crippen MR) is 98.7 cm³/mol. The lowest BCUT2D eigenvalue weighted by molar-refractivity contribution is 0.146. The van der Waals surface area contributed by atoms with E-state index in [1.807, 2.05) is 24.6 Å². The molecular formula is C18H26N4O2S. The summed E-state index contributed by atoms with van der Waals surface area (Å²) in [5, 5.41) is 9.46. The second kappa shape index (κ2) is 8.49. The van der Waals surface area contributed by atoms with Gasteiger partial charge < -0.3 is 15.0 Å². The van der Waals surface area contributed by atoms with Gasteiger partial charge in [-0.25, -0.2) is 4.79 Å². The standard InChI is InChI=1S/C18H26N4O2S/c1-21-11-14(9-20-21)12-22(7-8-24-2)18(23)19-10-15-13-25-17-6-4-3-5-16(15)17/h9,11,13H,3-8,10,12H2,1-2H3,(H,19,23). The summed E-state index contributed by atoms with van der Waals surface area (Å²) in [4.78, 5) is 15.9. The molecule has 0 aliphatic heterocycles. The van der Waals surface area contributed by atoms with Gasteiger partial charge in [0.15, 0.2) is 0 Å². The van der Waals surface area contributed by atoms with Gasteiger partial charge in [0.2, 0.25) is 0 Å². The number of hydrogen-bond acceptors (Lipinski definition) is 4. The Hall–Kier alpha value is -1.86. The number of aryl methyl sites for hydroxylation is 2. The number of carbonyl (C=O) groups excluding carboxylic acids is 1. The third-order valence-electron chi connectivity index (χ3n) is 4.56. The summed E-state index contributed by atoms with van der Waals surface area (Å²) in [7, 11) is 3.53. The first kappa shape index (κ1) is 17.9. The predicted octanol–water partition coefficient (Wildman–Crippen LogP) is 2.72. The zero-order valence-corrected chi connectivity index (χ0v) is 15.8. The summed E-state index contributed by atoms with van der Waals surface area (Å²) in [5.74, 6) is 0. The van der Waals surface area contributed by atoms with Crippen molar-refractivity contribution in [2.75, 3.05) is 20.3 Å². The number of hydrogen-bond donors (Lipinski definition) is 1. The number of aromatic nitrogens is 2. The number of urea groups is 1. The molecule has 3 rings (SSSR count). The Labute approximate surface area is 152 Å².